The van der Waals surface area contributed by atoms with Crippen molar-refractivity contribution < 1.29 is 21.8 Å². The van der Waals surface area contributed by atoms with Crippen molar-refractivity contribution in [1.29, 1.82) is 0 Å². The Labute approximate surface area is 184 Å². The van der Waals surface area contributed by atoms with E-state index in [1.807, 2.05) is 24.3 Å². The van der Waals surface area contributed by atoms with Gasteiger partial charge < -0.3 is 0 Å². The molecule has 0 fully saturated rings. The molecule has 0 N–H and O–H groups in total. The smallest absolute Gasteiger partial charge is 0.264 e. The molecule has 164 valence electrons. The van der Waals surface area contributed by atoms with Crippen molar-refractivity contribution in [2.45, 2.75) is 37.0 Å². The lowest BCUT2D eigenvalue weighted by molar-refractivity contribution is -0.109. The van der Waals surface area contributed by atoms with E-state index in [4.69, 9.17) is 9.71 Å². The molecule has 0 unspecified atom stereocenters. The van der Waals surface area contributed by atoms with Crippen molar-refractivity contribution >= 4 is 27.0 Å². The van der Waals surface area contributed by atoms with E-state index in [0.29, 0.717) is 12.0 Å². The highest BCUT2D eigenvalue weighted by atomic mass is 32.2. The van der Waals surface area contributed by atoms with Gasteiger partial charge in [-0.2, -0.15) is 8.42 Å². The van der Waals surface area contributed by atoms with Gasteiger partial charge >= 0.3 is 0 Å². The quantitative estimate of drug-likeness (QED) is 0.252. The first kappa shape index (κ1) is 23.3. The van der Waals surface area contributed by atoms with E-state index in [9.17, 15) is 17.6 Å². The number of thioether (sulfide) groups is 1. The molecule has 0 amide bonds. The van der Waals surface area contributed by atoms with Gasteiger partial charge in [-0.25, -0.2) is 4.39 Å². The Hall–Kier alpha value is -2.39. The molecule has 31 heavy (non-hydrogen) atoms. The van der Waals surface area contributed by atoms with Gasteiger partial charge in [0.25, 0.3) is 10.1 Å². The fourth-order valence-electron chi connectivity index (χ4n) is 4.01. The second-order valence-electron chi connectivity index (χ2n) is 7.43. The molecule has 0 bridgehead atoms. The summed E-state index contributed by atoms with van der Waals surface area (Å²) in [7, 11) is -3.82. The molecule has 1 aliphatic carbocycles. The lowest BCUT2D eigenvalue weighted by Crippen LogP contribution is -2.25. The van der Waals surface area contributed by atoms with Gasteiger partial charge in [0.2, 0.25) is 0 Å². The summed E-state index contributed by atoms with van der Waals surface area (Å²) in [5.41, 5.74) is 12.3. The predicted octanol–water partition coefficient (Wildman–Crippen LogP) is 4.88. The van der Waals surface area contributed by atoms with Crippen molar-refractivity contribution in [3.05, 3.63) is 81.0 Å². The normalized spacial score (nSPS) is 18.8. The zero-order valence-corrected chi connectivity index (χ0v) is 18.7. The molecule has 3 atom stereocenters. The lowest BCUT2D eigenvalue weighted by Gasteiger charge is -2.29. The highest BCUT2D eigenvalue weighted by Crippen LogP contribution is 2.49. The van der Waals surface area contributed by atoms with Crippen LogP contribution in [0.1, 0.15) is 46.8 Å². The van der Waals surface area contributed by atoms with Crippen LogP contribution >= 0.6 is 11.8 Å². The third-order valence-electron chi connectivity index (χ3n) is 5.08. The van der Waals surface area contributed by atoms with Crippen LogP contribution in [0.5, 0.6) is 0 Å². The van der Waals surface area contributed by atoms with Gasteiger partial charge in [0.1, 0.15) is 5.82 Å². The molecule has 10 heteroatoms. The van der Waals surface area contributed by atoms with Crippen LogP contribution in [-0.4, -0.2) is 32.4 Å². The summed E-state index contributed by atoms with van der Waals surface area (Å²) in [5.74, 6) is -0.774. The average Bonchev–Trinajstić information content (AvgIpc) is 2.80. The number of fused-ring (bicyclic) bond motifs is 2. The molecule has 0 heterocycles. The molecular weight excluding hydrogens is 441 g/mol. The molecule has 0 saturated carbocycles. The Bertz CT molecular complexity index is 1130. The number of nitrogens with zero attached hydrogens (tertiary/aromatic N) is 3. The van der Waals surface area contributed by atoms with E-state index in [-0.39, 0.29) is 24.0 Å². The van der Waals surface area contributed by atoms with Crippen molar-refractivity contribution in [2.24, 2.45) is 5.11 Å². The Kier molecular flexibility index (Phi) is 7.38. The standard InChI is InChI=1S/C21H22FN3O4S2/c1-13(26)30-21-19-10-16(22)8-7-15(19)9-14-5-3-4-6-18(14)20(21)11-17(12-24-25-23)29-31(2,27)28/h3-8,10,17,20-21H,9,11-12H2,1-2H3/t17-,20-,21-/m1/s1. The number of carbonyl (C=O) groups is 1. The first-order valence-electron chi connectivity index (χ1n) is 9.60. The Balaban J connectivity index is 2.14. The van der Waals surface area contributed by atoms with Gasteiger partial charge in [-0.05, 0) is 52.8 Å². The number of rotatable bonds is 7. The molecule has 2 aromatic carbocycles. The summed E-state index contributed by atoms with van der Waals surface area (Å²) in [4.78, 5) is 14.9. The van der Waals surface area contributed by atoms with E-state index in [0.717, 1.165) is 34.7 Å². The minimum atomic E-state index is -3.82. The molecular formula is C21H22FN3O4S2. The van der Waals surface area contributed by atoms with Crippen LogP contribution in [0.25, 0.3) is 10.4 Å². The first-order valence-corrected chi connectivity index (χ1v) is 12.3. The molecule has 2 aromatic rings. The largest absolute Gasteiger partial charge is 0.288 e. The fraction of sp³-hybridized carbons (Fsp3) is 0.381. The number of carbonyl (C=O) groups excluding carboxylic acids is 1. The van der Waals surface area contributed by atoms with Crippen LogP contribution in [0.4, 0.5) is 4.39 Å². The SMILES string of the molecule is CC(=O)S[C@@H]1c2cc(F)ccc2Cc2ccccc2[C@H]1C[C@H](CN=[N+]=[N-])OS(C)(=O)=O. The number of benzene rings is 2. The van der Waals surface area contributed by atoms with Crippen LogP contribution in [0, 0.1) is 5.82 Å². The molecule has 0 radical (unpaired) electrons. The monoisotopic (exact) mass is 463 g/mol. The minimum Gasteiger partial charge on any atom is -0.288 e. The summed E-state index contributed by atoms with van der Waals surface area (Å²) in [6, 6.07) is 12.2. The topological polar surface area (TPSA) is 109 Å². The van der Waals surface area contributed by atoms with Crippen molar-refractivity contribution in [2.75, 3.05) is 12.8 Å². The van der Waals surface area contributed by atoms with E-state index >= 15 is 0 Å². The van der Waals surface area contributed by atoms with Crippen LogP contribution in [0.15, 0.2) is 47.6 Å². The number of hydrogen-bond acceptors (Lipinski definition) is 6. The van der Waals surface area contributed by atoms with Crippen molar-refractivity contribution in [1.82, 2.24) is 0 Å². The number of azide groups is 1. The molecule has 0 saturated heterocycles. The first-order chi connectivity index (χ1) is 14.7. The van der Waals surface area contributed by atoms with Gasteiger partial charge in [0.15, 0.2) is 5.12 Å². The molecule has 7 nitrogen and oxygen atoms in total. The minimum absolute atomic E-state index is 0.139. The Morgan fingerprint density at radius 1 is 1.29 bits per heavy atom. The lowest BCUT2D eigenvalue weighted by atomic mass is 9.86. The number of hydrogen-bond donors (Lipinski definition) is 0. The van der Waals surface area contributed by atoms with E-state index < -0.39 is 27.3 Å². The maximum Gasteiger partial charge on any atom is 0.264 e. The highest BCUT2D eigenvalue weighted by molar-refractivity contribution is 8.13. The molecule has 1 aliphatic rings. The third-order valence-corrected chi connectivity index (χ3v) is 6.87. The van der Waals surface area contributed by atoms with Gasteiger partial charge in [0.05, 0.1) is 18.9 Å². The second kappa shape index (κ2) is 9.82. The van der Waals surface area contributed by atoms with Crippen LogP contribution in [0.3, 0.4) is 0 Å². The summed E-state index contributed by atoms with van der Waals surface area (Å²) in [6.45, 7) is 1.26. The van der Waals surface area contributed by atoms with Gasteiger partial charge in [-0.1, -0.05) is 47.2 Å². The van der Waals surface area contributed by atoms with Gasteiger partial charge in [-0.15, -0.1) is 0 Å². The summed E-state index contributed by atoms with van der Waals surface area (Å²) in [5, 5.41) is 2.91. The van der Waals surface area contributed by atoms with Crippen LogP contribution in [-0.2, 0) is 25.5 Å². The third kappa shape index (κ3) is 6.07. The fourth-order valence-corrected chi connectivity index (χ4v) is 5.77. The Morgan fingerprint density at radius 3 is 2.68 bits per heavy atom. The van der Waals surface area contributed by atoms with Crippen LogP contribution in [0.2, 0.25) is 0 Å². The molecule has 0 aromatic heterocycles. The number of halogens is 1. The average molecular weight is 464 g/mol. The van der Waals surface area contributed by atoms with E-state index in [1.54, 1.807) is 6.07 Å². The van der Waals surface area contributed by atoms with Gasteiger partial charge in [0, 0.05) is 23.0 Å². The highest BCUT2D eigenvalue weighted by Gasteiger charge is 2.35. The molecule has 0 spiro atoms. The van der Waals surface area contributed by atoms with E-state index in [2.05, 4.69) is 10.0 Å². The van der Waals surface area contributed by atoms with Crippen molar-refractivity contribution in [3.63, 3.8) is 0 Å². The zero-order valence-electron chi connectivity index (χ0n) is 17.1. The van der Waals surface area contributed by atoms with Crippen molar-refractivity contribution in [3.8, 4) is 0 Å². The van der Waals surface area contributed by atoms with Crippen LogP contribution < -0.4 is 0 Å². The Morgan fingerprint density at radius 2 is 2.00 bits per heavy atom. The molecule has 3 rings (SSSR count). The summed E-state index contributed by atoms with van der Waals surface area (Å²) in [6.07, 6.45) is 0.743. The second-order valence-corrected chi connectivity index (χ2v) is 10.3. The molecule has 0 aliphatic heterocycles. The predicted molar refractivity (Wildman–Crippen MR) is 118 cm³/mol. The summed E-state index contributed by atoms with van der Waals surface area (Å²) < 4.78 is 43.0. The summed E-state index contributed by atoms with van der Waals surface area (Å²) >= 11 is 1.08. The maximum absolute atomic E-state index is 14.2. The van der Waals surface area contributed by atoms with E-state index in [1.165, 1.54) is 19.1 Å². The maximum atomic E-state index is 14.2. The zero-order chi connectivity index (χ0) is 22.6. The van der Waals surface area contributed by atoms with Gasteiger partial charge in [-0.3, -0.25) is 8.98 Å².